The molecule has 6 heteroatoms. The van der Waals surface area contributed by atoms with Gasteiger partial charge in [0, 0.05) is 13.0 Å². The van der Waals surface area contributed by atoms with Crippen molar-refractivity contribution in [3.63, 3.8) is 0 Å². The van der Waals surface area contributed by atoms with E-state index < -0.39 is 11.7 Å². The van der Waals surface area contributed by atoms with E-state index >= 15 is 0 Å². The first-order valence-electron chi connectivity index (χ1n) is 6.46. The van der Waals surface area contributed by atoms with Crippen LogP contribution in [-0.4, -0.2) is 12.5 Å². The normalized spacial score (nSPS) is 13.1. The van der Waals surface area contributed by atoms with Crippen LogP contribution < -0.4 is 11.1 Å². The number of alkyl halides is 3. The van der Waals surface area contributed by atoms with Crippen LogP contribution in [0.1, 0.15) is 30.9 Å². The molecule has 1 rings (SSSR count). The Kier molecular flexibility index (Phi) is 6.01. The molecule has 1 unspecified atom stereocenters. The average Bonchev–Trinajstić information content (AvgIpc) is 2.41. The van der Waals surface area contributed by atoms with Gasteiger partial charge in [0.25, 0.3) is 0 Å². The number of hydrogen-bond acceptors (Lipinski definition) is 2. The van der Waals surface area contributed by atoms with Crippen LogP contribution in [0.2, 0.25) is 0 Å². The van der Waals surface area contributed by atoms with E-state index in [-0.39, 0.29) is 18.4 Å². The first kappa shape index (κ1) is 16.5. The lowest BCUT2D eigenvalue weighted by Crippen LogP contribution is -2.24. The molecule has 0 saturated heterocycles. The third kappa shape index (κ3) is 5.61. The summed E-state index contributed by atoms with van der Waals surface area (Å²) in [6.07, 6.45) is -3.36. The molecule has 0 heterocycles. The summed E-state index contributed by atoms with van der Waals surface area (Å²) in [7, 11) is 0. The maximum absolute atomic E-state index is 12.5. The molecule has 1 atom stereocenters. The number of benzene rings is 1. The molecule has 20 heavy (non-hydrogen) atoms. The fourth-order valence-corrected chi connectivity index (χ4v) is 1.64. The van der Waals surface area contributed by atoms with Crippen molar-refractivity contribution in [2.75, 3.05) is 6.54 Å². The summed E-state index contributed by atoms with van der Waals surface area (Å²) in [6.45, 7) is 2.56. The Labute approximate surface area is 116 Å². The molecule has 1 amide bonds. The fraction of sp³-hybridized carbons (Fsp3) is 0.500. The highest BCUT2D eigenvalue weighted by atomic mass is 19.4. The molecule has 0 aliphatic heterocycles. The number of carbonyl (C=O) groups excluding carboxylic acids is 1. The lowest BCUT2D eigenvalue weighted by Gasteiger charge is -2.10. The molecule has 0 aliphatic carbocycles. The van der Waals surface area contributed by atoms with E-state index in [9.17, 15) is 18.0 Å². The number of nitrogens with two attached hydrogens (primary N) is 1. The SMILES string of the molecule is CC(CN)CCC(=O)NCc1cccc(C(F)(F)F)c1. The molecule has 0 aromatic heterocycles. The lowest BCUT2D eigenvalue weighted by atomic mass is 10.1. The molecule has 0 radical (unpaired) electrons. The smallest absolute Gasteiger partial charge is 0.352 e. The number of amides is 1. The van der Waals surface area contributed by atoms with Crippen LogP contribution >= 0.6 is 0 Å². The second kappa shape index (κ2) is 7.28. The number of hydrogen-bond donors (Lipinski definition) is 2. The first-order chi connectivity index (χ1) is 9.32. The molecule has 0 aliphatic rings. The van der Waals surface area contributed by atoms with Crippen LogP contribution in [0.15, 0.2) is 24.3 Å². The summed E-state index contributed by atoms with van der Waals surface area (Å²) < 4.78 is 37.5. The second-order valence-corrected chi connectivity index (χ2v) is 4.85. The quantitative estimate of drug-likeness (QED) is 0.845. The van der Waals surface area contributed by atoms with Crippen molar-refractivity contribution >= 4 is 5.91 Å². The minimum absolute atomic E-state index is 0.0970. The Morgan fingerprint density at radius 1 is 1.40 bits per heavy atom. The van der Waals surface area contributed by atoms with Gasteiger partial charge in [-0.3, -0.25) is 4.79 Å². The van der Waals surface area contributed by atoms with Gasteiger partial charge in [0.15, 0.2) is 0 Å². The summed E-state index contributed by atoms with van der Waals surface area (Å²) >= 11 is 0. The number of nitrogens with one attached hydrogen (secondary N) is 1. The van der Waals surface area contributed by atoms with Gasteiger partial charge in [-0.15, -0.1) is 0 Å². The van der Waals surface area contributed by atoms with Crippen LogP contribution in [0.3, 0.4) is 0 Å². The summed E-state index contributed by atoms with van der Waals surface area (Å²) in [4.78, 5) is 11.5. The molecule has 0 spiro atoms. The molecular formula is C14H19F3N2O. The standard InChI is InChI=1S/C14H19F3N2O/c1-10(8-18)5-6-13(20)19-9-11-3-2-4-12(7-11)14(15,16)17/h2-4,7,10H,5-6,8-9,18H2,1H3,(H,19,20). The highest BCUT2D eigenvalue weighted by Gasteiger charge is 2.30. The fourth-order valence-electron chi connectivity index (χ4n) is 1.64. The predicted molar refractivity (Wildman–Crippen MR) is 70.7 cm³/mol. The number of halogens is 3. The maximum atomic E-state index is 12.5. The van der Waals surface area contributed by atoms with E-state index in [1.165, 1.54) is 6.07 Å². The molecule has 0 bridgehead atoms. The van der Waals surface area contributed by atoms with Gasteiger partial charge in [-0.1, -0.05) is 19.1 Å². The van der Waals surface area contributed by atoms with E-state index in [0.717, 1.165) is 12.1 Å². The summed E-state index contributed by atoms with van der Waals surface area (Å²) in [5.41, 5.74) is 5.17. The summed E-state index contributed by atoms with van der Waals surface area (Å²) in [5.74, 6) is 0.0806. The molecule has 0 fully saturated rings. The monoisotopic (exact) mass is 288 g/mol. The van der Waals surface area contributed by atoms with Crippen molar-refractivity contribution in [3.05, 3.63) is 35.4 Å². The van der Waals surface area contributed by atoms with E-state index in [1.54, 1.807) is 6.07 Å². The van der Waals surface area contributed by atoms with Gasteiger partial charge in [-0.05, 0) is 36.6 Å². The molecular weight excluding hydrogens is 269 g/mol. The number of carbonyl (C=O) groups is 1. The van der Waals surface area contributed by atoms with Crippen LogP contribution in [-0.2, 0) is 17.5 Å². The minimum atomic E-state index is -4.36. The molecule has 0 saturated carbocycles. The Morgan fingerprint density at radius 3 is 2.70 bits per heavy atom. The van der Waals surface area contributed by atoms with Crippen LogP contribution in [0, 0.1) is 5.92 Å². The van der Waals surface area contributed by atoms with Crippen molar-refractivity contribution in [3.8, 4) is 0 Å². The Morgan fingerprint density at radius 2 is 2.10 bits per heavy atom. The Balaban J connectivity index is 2.48. The third-order valence-electron chi connectivity index (χ3n) is 3.01. The lowest BCUT2D eigenvalue weighted by molar-refractivity contribution is -0.137. The van der Waals surface area contributed by atoms with E-state index in [4.69, 9.17) is 5.73 Å². The van der Waals surface area contributed by atoms with Crippen molar-refractivity contribution < 1.29 is 18.0 Å². The largest absolute Gasteiger partial charge is 0.416 e. The van der Waals surface area contributed by atoms with E-state index in [1.807, 2.05) is 6.92 Å². The Hall–Kier alpha value is -1.56. The van der Waals surface area contributed by atoms with Gasteiger partial charge in [0.05, 0.1) is 5.56 Å². The van der Waals surface area contributed by atoms with Crippen molar-refractivity contribution in [1.82, 2.24) is 5.32 Å². The van der Waals surface area contributed by atoms with Gasteiger partial charge in [0.2, 0.25) is 5.91 Å². The van der Waals surface area contributed by atoms with Gasteiger partial charge in [-0.2, -0.15) is 13.2 Å². The maximum Gasteiger partial charge on any atom is 0.416 e. The van der Waals surface area contributed by atoms with Gasteiger partial charge in [0.1, 0.15) is 0 Å². The highest BCUT2D eigenvalue weighted by molar-refractivity contribution is 5.75. The topological polar surface area (TPSA) is 55.1 Å². The van der Waals surface area contributed by atoms with E-state index in [2.05, 4.69) is 5.32 Å². The average molecular weight is 288 g/mol. The minimum Gasteiger partial charge on any atom is -0.352 e. The second-order valence-electron chi connectivity index (χ2n) is 4.85. The first-order valence-corrected chi connectivity index (χ1v) is 6.46. The Bertz CT molecular complexity index is 446. The number of rotatable bonds is 6. The zero-order valence-electron chi connectivity index (χ0n) is 11.3. The van der Waals surface area contributed by atoms with E-state index in [0.29, 0.717) is 24.9 Å². The third-order valence-corrected chi connectivity index (χ3v) is 3.01. The van der Waals surface area contributed by atoms with Crippen molar-refractivity contribution in [2.45, 2.75) is 32.5 Å². The molecule has 112 valence electrons. The summed E-state index contributed by atoms with van der Waals surface area (Å²) in [6, 6.07) is 4.94. The summed E-state index contributed by atoms with van der Waals surface area (Å²) in [5, 5.41) is 2.61. The van der Waals surface area contributed by atoms with Crippen LogP contribution in [0.5, 0.6) is 0 Å². The van der Waals surface area contributed by atoms with Gasteiger partial charge < -0.3 is 11.1 Å². The predicted octanol–water partition coefficient (Wildman–Crippen LogP) is 2.70. The highest BCUT2D eigenvalue weighted by Crippen LogP contribution is 2.29. The van der Waals surface area contributed by atoms with Crippen molar-refractivity contribution in [1.29, 1.82) is 0 Å². The molecule has 3 nitrogen and oxygen atoms in total. The zero-order valence-corrected chi connectivity index (χ0v) is 11.3. The molecule has 1 aromatic carbocycles. The van der Waals surface area contributed by atoms with Crippen molar-refractivity contribution in [2.24, 2.45) is 11.7 Å². The van der Waals surface area contributed by atoms with Crippen LogP contribution in [0.4, 0.5) is 13.2 Å². The molecule has 3 N–H and O–H groups in total. The van der Waals surface area contributed by atoms with Gasteiger partial charge in [-0.25, -0.2) is 0 Å². The van der Waals surface area contributed by atoms with Gasteiger partial charge >= 0.3 is 6.18 Å². The zero-order chi connectivity index (χ0) is 15.2. The molecule has 1 aromatic rings. The van der Waals surface area contributed by atoms with Crippen LogP contribution in [0.25, 0.3) is 0 Å².